The predicted molar refractivity (Wildman–Crippen MR) is 64.2 cm³/mol. The van der Waals surface area contributed by atoms with Crippen molar-refractivity contribution < 1.29 is 4.79 Å². The van der Waals surface area contributed by atoms with Crippen molar-refractivity contribution in [1.82, 2.24) is 14.5 Å². The van der Waals surface area contributed by atoms with E-state index in [1.807, 2.05) is 43.4 Å². The highest BCUT2D eigenvalue weighted by Crippen LogP contribution is 2.13. The molecule has 0 spiro atoms. The lowest BCUT2D eigenvalue weighted by Crippen LogP contribution is -2.36. The second kappa shape index (κ2) is 5.68. The number of nitrogens with zero attached hydrogens (tertiary/aromatic N) is 3. The number of likely N-dealkylation sites (N-methyl/N-ethyl adjacent to an activating group) is 1. The molecular formula is C12H21N3O. The van der Waals surface area contributed by atoms with Crippen molar-refractivity contribution in [3.8, 4) is 0 Å². The van der Waals surface area contributed by atoms with Crippen molar-refractivity contribution in [2.24, 2.45) is 0 Å². The van der Waals surface area contributed by atoms with Crippen molar-refractivity contribution in [3.63, 3.8) is 0 Å². The lowest BCUT2D eigenvalue weighted by molar-refractivity contribution is -0.133. The van der Waals surface area contributed by atoms with Gasteiger partial charge in [0.05, 0.1) is 0 Å². The molecule has 0 aliphatic rings. The number of aryl methyl sites for hydroxylation is 1. The molecule has 0 radical (unpaired) electrons. The van der Waals surface area contributed by atoms with Crippen molar-refractivity contribution in [1.29, 1.82) is 0 Å². The highest BCUT2D eigenvalue weighted by atomic mass is 16.2. The van der Waals surface area contributed by atoms with Gasteiger partial charge in [0, 0.05) is 31.9 Å². The molecule has 1 aromatic rings. The summed E-state index contributed by atoms with van der Waals surface area (Å²) < 4.78 is 1.96. The van der Waals surface area contributed by atoms with Crippen LogP contribution in [0.2, 0.25) is 0 Å². The second-order valence-electron chi connectivity index (χ2n) is 3.79. The van der Waals surface area contributed by atoms with Gasteiger partial charge >= 0.3 is 0 Å². The summed E-state index contributed by atoms with van der Waals surface area (Å²) >= 11 is 0. The Labute approximate surface area is 97.3 Å². The topological polar surface area (TPSA) is 38.1 Å². The normalized spacial score (nSPS) is 12.5. The van der Waals surface area contributed by atoms with Gasteiger partial charge in [-0.05, 0) is 20.8 Å². The van der Waals surface area contributed by atoms with Gasteiger partial charge in [0.15, 0.2) is 0 Å². The third kappa shape index (κ3) is 2.43. The zero-order chi connectivity index (χ0) is 12.1. The van der Waals surface area contributed by atoms with Gasteiger partial charge in [-0.1, -0.05) is 6.92 Å². The first-order valence-corrected chi connectivity index (χ1v) is 5.96. The molecule has 1 unspecified atom stereocenters. The molecule has 0 aliphatic heterocycles. The van der Waals surface area contributed by atoms with E-state index in [9.17, 15) is 4.79 Å². The average molecular weight is 223 g/mol. The summed E-state index contributed by atoms with van der Waals surface area (Å²) in [6.45, 7) is 9.51. The maximum atomic E-state index is 12.1. The number of amides is 1. The van der Waals surface area contributed by atoms with Crippen molar-refractivity contribution in [2.75, 3.05) is 13.1 Å². The number of carbonyl (C=O) groups excluding carboxylic acids is 1. The fraction of sp³-hybridized carbons (Fsp3) is 0.667. The SMILES string of the molecule is CCc1nccn1C(C)C(=O)N(CC)CC. The summed E-state index contributed by atoms with van der Waals surface area (Å²) in [5.74, 6) is 1.13. The van der Waals surface area contributed by atoms with E-state index in [0.29, 0.717) is 0 Å². The van der Waals surface area contributed by atoms with E-state index in [1.54, 1.807) is 6.20 Å². The van der Waals surface area contributed by atoms with Crippen LogP contribution in [0, 0.1) is 0 Å². The van der Waals surface area contributed by atoms with Crippen LogP contribution >= 0.6 is 0 Å². The fourth-order valence-corrected chi connectivity index (χ4v) is 1.89. The van der Waals surface area contributed by atoms with Crippen molar-refractivity contribution in [2.45, 2.75) is 40.2 Å². The zero-order valence-corrected chi connectivity index (χ0v) is 10.6. The summed E-state index contributed by atoms with van der Waals surface area (Å²) in [6, 6.07) is -0.155. The third-order valence-electron chi connectivity index (χ3n) is 2.91. The van der Waals surface area contributed by atoms with Gasteiger partial charge in [-0.25, -0.2) is 4.98 Å². The van der Waals surface area contributed by atoms with Crippen molar-refractivity contribution >= 4 is 5.91 Å². The van der Waals surface area contributed by atoms with Crippen LogP contribution < -0.4 is 0 Å². The Morgan fingerprint density at radius 2 is 2.06 bits per heavy atom. The first-order valence-electron chi connectivity index (χ1n) is 5.96. The summed E-state index contributed by atoms with van der Waals surface area (Å²) in [7, 11) is 0. The molecule has 16 heavy (non-hydrogen) atoms. The van der Waals surface area contributed by atoms with Crippen LogP contribution in [0.15, 0.2) is 12.4 Å². The van der Waals surface area contributed by atoms with Gasteiger partial charge in [-0.2, -0.15) is 0 Å². The molecule has 4 nitrogen and oxygen atoms in total. The lowest BCUT2D eigenvalue weighted by Gasteiger charge is -2.24. The summed E-state index contributed by atoms with van der Waals surface area (Å²) in [5.41, 5.74) is 0. The molecule has 90 valence electrons. The number of aromatic nitrogens is 2. The van der Waals surface area contributed by atoms with Gasteiger partial charge in [-0.15, -0.1) is 0 Å². The number of carbonyl (C=O) groups is 1. The van der Waals surface area contributed by atoms with E-state index < -0.39 is 0 Å². The summed E-state index contributed by atoms with van der Waals surface area (Å²) in [6.07, 6.45) is 4.48. The van der Waals surface area contributed by atoms with Crippen LogP contribution in [0.1, 0.15) is 39.6 Å². The van der Waals surface area contributed by atoms with E-state index in [4.69, 9.17) is 0 Å². The molecule has 1 atom stereocenters. The molecule has 0 saturated heterocycles. The first-order chi connectivity index (χ1) is 7.65. The van der Waals surface area contributed by atoms with Gasteiger partial charge in [-0.3, -0.25) is 4.79 Å². The molecule has 1 heterocycles. The largest absolute Gasteiger partial charge is 0.341 e. The molecule has 1 aromatic heterocycles. The van der Waals surface area contributed by atoms with Crippen molar-refractivity contribution in [3.05, 3.63) is 18.2 Å². The third-order valence-corrected chi connectivity index (χ3v) is 2.91. The molecular weight excluding hydrogens is 202 g/mol. The van der Waals surface area contributed by atoms with Crippen LogP contribution in [0.4, 0.5) is 0 Å². The number of hydrogen-bond acceptors (Lipinski definition) is 2. The van der Waals surface area contributed by atoms with Gasteiger partial charge in [0.25, 0.3) is 0 Å². The first kappa shape index (κ1) is 12.7. The van der Waals surface area contributed by atoms with Crippen LogP contribution in [-0.4, -0.2) is 33.4 Å². The zero-order valence-electron chi connectivity index (χ0n) is 10.6. The Morgan fingerprint density at radius 1 is 1.44 bits per heavy atom. The Balaban J connectivity index is 2.85. The van der Waals surface area contributed by atoms with E-state index in [-0.39, 0.29) is 11.9 Å². The molecule has 0 fully saturated rings. The van der Waals surface area contributed by atoms with Crippen LogP contribution in [-0.2, 0) is 11.2 Å². The van der Waals surface area contributed by atoms with E-state index in [1.165, 1.54) is 0 Å². The summed E-state index contributed by atoms with van der Waals surface area (Å²) in [5, 5.41) is 0. The Kier molecular flexibility index (Phi) is 4.52. The minimum atomic E-state index is -0.155. The Morgan fingerprint density at radius 3 is 2.56 bits per heavy atom. The molecule has 0 aliphatic carbocycles. The standard InChI is InChI=1S/C12H21N3O/c1-5-11-13-8-9-15(11)10(4)12(16)14(6-2)7-3/h8-10H,5-7H2,1-4H3. The Bertz CT molecular complexity index is 342. The van der Waals surface area contributed by atoms with Gasteiger partial charge in [0.1, 0.15) is 11.9 Å². The fourth-order valence-electron chi connectivity index (χ4n) is 1.89. The Hall–Kier alpha value is -1.32. The number of imidazole rings is 1. The smallest absolute Gasteiger partial charge is 0.245 e. The molecule has 1 rings (SSSR count). The maximum Gasteiger partial charge on any atom is 0.245 e. The molecule has 0 bridgehead atoms. The minimum absolute atomic E-state index is 0.155. The second-order valence-corrected chi connectivity index (χ2v) is 3.79. The summed E-state index contributed by atoms with van der Waals surface area (Å²) in [4.78, 5) is 18.2. The van der Waals surface area contributed by atoms with Crippen LogP contribution in [0.25, 0.3) is 0 Å². The quantitative estimate of drug-likeness (QED) is 0.764. The molecule has 4 heteroatoms. The predicted octanol–water partition coefficient (Wildman–Crippen LogP) is 1.87. The van der Waals surface area contributed by atoms with E-state index in [2.05, 4.69) is 4.98 Å². The van der Waals surface area contributed by atoms with E-state index in [0.717, 1.165) is 25.3 Å². The minimum Gasteiger partial charge on any atom is -0.341 e. The van der Waals surface area contributed by atoms with Crippen LogP contribution in [0.5, 0.6) is 0 Å². The van der Waals surface area contributed by atoms with Gasteiger partial charge < -0.3 is 9.47 Å². The number of hydrogen-bond donors (Lipinski definition) is 0. The molecule has 0 saturated carbocycles. The molecule has 1 amide bonds. The lowest BCUT2D eigenvalue weighted by atomic mass is 10.2. The van der Waals surface area contributed by atoms with E-state index >= 15 is 0 Å². The molecule has 0 N–H and O–H groups in total. The van der Waals surface area contributed by atoms with Gasteiger partial charge in [0.2, 0.25) is 5.91 Å². The average Bonchev–Trinajstić information content (AvgIpc) is 2.77. The monoisotopic (exact) mass is 223 g/mol. The number of rotatable bonds is 5. The maximum absolute atomic E-state index is 12.1. The highest BCUT2D eigenvalue weighted by molar-refractivity contribution is 5.80. The van der Waals surface area contributed by atoms with Crippen LogP contribution in [0.3, 0.4) is 0 Å². The molecule has 0 aromatic carbocycles. The highest BCUT2D eigenvalue weighted by Gasteiger charge is 2.20.